The van der Waals surface area contributed by atoms with E-state index in [1.54, 1.807) is 33.1 Å². The van der Waals surface area contributed by atoms with E-state index in [1.165, 1.54) is 6.26 Å². The molecule has 5 nitrogen and oxygen atoms in total. The predicted octanol–water partition coefficient (Wildman–Crippen LogP) is 1.02. The zero-order valence-electron chi connectivity index (χ0n) is 11.1. The number of methoxy groups -OCH3 is 1. The molecule has 1 atom stereocenters. The monoisotopic (exact) mass is 272 g/mol. The highest BCUT2D eigenvalue weighted by Crippen LogP contribution is 2.35. The Morgan fingerprint density at radius 2 is 1.89 bits per heavy atom. The van der Waals surface area contributed by atoms with E-state index in [1.807, 2.05) is 12.1 Å². The molecule has 0 heterocycles. The van der Waals surface area contributed by atoms with Crippen LogP contribution < -0.4 is 16.0 Å². The second-order valence-corrected chi connectivity index (χ2v) is 7.31. The van der Waals surface area contributed by atoms with Crippen LogP contribution in [-0.4, -0.2) is 26.5 Å². The van der Waals surface area contributed by atoms with E-state index in [0.717, 1.165) is 5.56 Å². The van der Waals surface area contributed by atoms with Crippen LogP contribution in [0.1, 0.15) is 25.5 Å². The zero-order valence-corrected chi connectivity index (χ0v) is 11.9. The molecule has 0 aliphatic carbocycles. The van der Waals surface area contributed by atoms with Crippen LogP contribution in [0.2, 0.25) is 0 Å². The summed E-state index contributed by atoms with van der Waals surface area (Å²) in [5, 5.41) is 0. The molecule has 0 saturated heterocycles. The summed E-state index contributed by atoms with van der Waals surface area (Å²) in [4.78, 5) is 0. The van der Waals surface area contributed by atoms with Gasteiger partial charge in [0.1, 0.15) is 5.75 Å². The average Bonchev–Trinajstić information content (AvgIpc) is 2.29. The van der Waals surface area contributed by atoms with Crippen molar-refractivity contribution < 1.29 is 13.2 Å². The predicted molar refractivity (Wildman–Crippen MR) is 72.0 cm³/mol. The van der Waals surface area contributed by atoms with Gasteiger partial charge in [-0.3, -0.25) is 11.3 Å². The lowest BCUT2D eigenvalue weighted by Crippen LogP contribution is -2.47. The quantitative estimate of drug-likeness (QED) is 0.618. The number of ether oxygens (including phenoxy) is 1. The highest BCUT2D eigenvalue weighted by molar-refractivity contribution is 7.92. The Balaban J connectivity index is 3.35. The first-order valence-electron chi connectivity index (χ1n) is 5.54. The summed E-state index contributed by atoms with van der Waals surface area (Å²) in [6.45, 7) is 3.28. The molecule has 1 rings (SSSR count). The minimum atomic E-state index is -3.28. The molecule has 1 aromatic rings. The number of para-hydroxylation sites is 1. The minimum absolute atomic E-state index is 0.552. The molecule has 1 unspecified atom stereocenters. The first kappa shape index (κ1) is 14.9. The highest BCUT2D eigenvalue weighted by Gasteiger charge is 2.40. The van der Waals surface area contributed by atoms with E-state index in [4.69, 9.17) is 10.6 Å². The van der Waals surface area contributed by atoms with Crippen molar-refractivity contribution in [2.45, 2.75) is 24.6 Å². The SMILES string of the molecule is COc1ccccc1C(NN)C(C)(C)S(C)(=O)=O. The topological polar surface area (TPSA) is 81.4 Å². The van der Waals surface area contributed by atoms with Crippen LogP contribution in [0.4, 0.5) is 0 Å². The molecular formula is C12H20N2O3S. The van der Waals surface area contributed by atoms with Gasteiger partial charge in [-0.05, 0) is 19.9 Å². The lowest BCUT2D eigenvalue weighted by molar-refractivity contribution is 0.379. The third-order valence-electron chi connectivity index (χ3n) is 3.27. The summed E-state index contributed by atoms with van der Waals surface area (Å²) in [5.41, 5.74) is 3.30. The second-order valence-electron chi connectivity index (χ2n) is 4.72. The van der Waals surface area contributed by atoms with E-state index < -0.39 is 20.6 Å². The molecule has 102 valence electrons. The van der Waals surface area contributed by atoms with Gasteiger partial charge in [0.15, 0.2) is 9.84 Å². The summed E-state index contributed by atoms with van der Waals surface area (Å²) in [7, 11) is -1.74. The third kappa shape index (κ3) is 2.66. The summed E-state index contributed by atoms with van der Waals surface area (Å²) in [5.74, 6) is 6.15. The van der Waals surface area contributed by atoms with Crippen LogP contribution in [0.15, 0.2) is 24.3 Å². The lowest BCUT2D eigenvalue weighted by atomic mass is 9.95. The van der Waals surface area contributed by atoms with Crippen LogP contribution in [0.25, 0.3) is 0 Å². The number of nitrogens with two attached hydrogens (primary N) is 1. The van der Waals surface area contributed by atoms with Crippen molar-refractivity contribution in [2.75, 3.05) is 13.4 Å². The Kier molecular flexibility index (Phi) is 4.37. The fourth-order valence-corrected chi connectivity index (χ4v) is 2.41. The van der Waals surface area contributed by atoms with Gasteiger partial charge in [-0.25, -0.2) is 8.42 Å². The molecule has 0 fully saturated rings. The molecule has 0 radical (unpaired) electrons. The van der Waals surface area contributed by atoms with Gasteiger partial charge in [-0.2, -0.15) is 0 Å². The Bertz CT molecular complexity index is 512. The fraction of sp³-hybridized carbons (Fsp3) is 0.500. The van der Waals surface area contributed by atoms with E-state index in [0.29, 0.717) is 5.75 Å². The number of benzene rings is 1. The first-order valence-corrected chi connectivity index (χ1v) is 7.43. The van der Waals surface area contributed by atoms with Gasteiger partial charge < -0.3 is 4.74 Å². The van der Waals surface area contributed by atoms with Crippen LogP contribution in [-0.2, 0) is 9.84 Å². The summed E-state index contributed by atoms with van der Waals surface area (Å²) < 4.78 is 28.0. The van der Waals surface area contributed by atoms with E-state index in [9.17, 15) is 8.42 Å². The van der Waals surface area contributed by atoms with Gasteiger partial charge in [-0.1, -0.05) is 18.2 Å². The van der Waals surface area contributed by atoms with Gasteiger partial charge in [-0.15, -0.1) is 0 Å². The van der Waals surface area contributed by atoms with Gasteiger partial charge >= 0.3 is 0 Å². The Hall–Kier alpha value is -1.11. The Morgan fingerprint density at radius 3 is 2.33 bits per heavy atom. The zero-order chi connectivity index (χ0) is 14.0. The van der Waals surface area contributed by atoms with Crippen molar-refractivity contribution in [3.8, 4) is 5.75 Å². The molecule has 6 heteroatoms. The maximum absolute atomic E-state index is 11.9. The molecule has 0 spiro atoms. The number of hydrogen-bond acceptors (Lipinski definition) is 5. The summed E-state index contributed by atoms with van der Waals surface area (Å²) >= 11 is 0. The number of hydrogen-bond donors (Lipinski definition) is 2. The maximum Gasteiger partial charge on any atom is 0.154 e. The smallest absolute Gasteiger partial charge is 0.154 e. The molecule has 0 aromatic heterocycles. The van der Waals surface area contributed by atoms with E-state index in [2.05, 4.69) is 5.43 Å². The molecule has 0 amide bonds. The van der Waals surface area contributed by atoms with Crippen molar-refractivity contribution in [3.05, 3.63) is 29.8 Å². The minimum Gasteiger partial charge on any atom is -0.496 e. The number of nitrogens with one attached hydrogen (secondary N) is 1. The van der Waals surface area contributed by atoms with E-state index >= 15 is 0 Å². The largest absolute Gasteiger partial charge is 0.496 e. The van der Waals surface area contributed by atoms with Gasteiger partial charge in [0.2, 0.25) is 0 Å². The molecule has 0 saturated carbocycles. The van der Waals surface area contributed by atoms with Crippen molar-refractivity contribution in [3.63, 3.8) is 0 Å². The van der Waals surface area contributed by atoms with E-state index in [-0.39, 0.29) is 0 Å². The van der Waals surface area contributed by atoms with Crippen molar-refractivity contribution >= 4 is 9.84 Å². The molecule has 18 heavy (non-hydrogen) atoms. The molecule has 0 bridgehead atoms. The first-order chi connectivity index (χ1) is 8.25. The maximum atomic E-state index is 11.9. The molecule has 3 N–H and O–H groups in total. The fourth-order valence-electron chi connectivity index (χ4n) is 1.78. The standard InChI is InChI=1S/C12H20N2O3S/c1-12(2,18(4,15)16)11(14-13)9-7-5-6-8-10(9)17-3/h5-8,11,14H,13H2,1-4H3. The summed E-state index contributed by atoms with van der Waals surface area (Å²) in [6, 6.07) is 6.67. The van der Waals surface area contributed by atoms with Gasteiger partial charge in [0.05, 0.1) is 17.9 Å². The number of hydrazine groups is 1. The normalized spacial score (nSPS) is 14.3. The second kappa shape index (κ2) is 5.26. The van der Waals surface area contributed by atoms with Crippen LogP contribution in [0.5, 0.6) is 5.75 Å². The van der Waals surface area contributed by atoms with Crippen LogP contribution >= 0.6 is 0 Å². The molecular weight excluding hydrogens is 252 g/mol. The van der Waals surface area contributed by atoms with Gasteiger partial charge in [0, 0.05) is 11.8 Å². The molecule has 0 aliphatic heterocycles. The number of rotatable bonds is 5. The van der Waals surface area contributed by atoms with Gasteiger partial charge in [0.25, 0.3) is 0 Å². The Morgan fingerprint density at radius 1 is 1.33 bits per heavy atom. The van der Waals surface area contributed by atoms with Crippen molar-refractivity contribution in [1.82, 2.24) is 5.43 Å². The average molecular weight is 272 g/mol. The number of sulfone groups is 1. The third-order valence-corrected chi connectivity index (χ3v) is 5.41. The van der Waals surface area contributed by atoms with Crippen molar-refractivity contribution in [1.29, 1.82) is 0 Å². The lowest BCUT2D eigenvalue weighted by Gasteiger charge is -2.33. The Labute approximate surface area is 108 Å². The highest BCUT2D eigenvalue weighted by atomic mass is 32.2. The van der Waals surface area contributed by atoms with Crippen molar-refractivity contribution in [2.24, 2.45) is 5.84 Å². The molecule has 1 aromatic carbocycles. The molecule has 0 aliphatic rings. The van der Waals surface area contributed by atoms with Crippen LogP contribution in [0.3, 0.4) is 0 Å². The van der Waals surface area contributed by atoms with Crippen LogP contribution in [0, 0.1) is 0 Å². The summed E-state index contributed by atoms with van der Waals surface area (Å²) in [6.07, 6.45) is 1.20.